The second kappa shape index (κ2) is 9.05. The van der Waals surface area contributed by atoms with E-state index in [-0.39, 0.29) is 0 Å². The molecule has 8 nitrogen and oxygen atoms in total. The quantitative estimate of drug-likeness (QED) is 0.499. The van der Waals surface area contributed by atoms with Gasteiger partial charge in [0.25, 0.3) is 0 Å². The van der Waals surface area contributed by atoms with E-state index in [2.05, 4.69) is 0 Å². The van der Waals surface area contributed by atoms with Crippen LogP contribution in [-0.4, -0.2) is 70.8 Å². The van der Waals surface area contributed by atoms with Gasteiger partial charge in [0, 0.05) is 10.4 Å². The summed E-state index contributed by atoms with van der Waals surface area (Å²) in [4.78, 5) is 11.6. The van der Waals surface area contributed by atoms with Gasteiger partial charge in [-0.2, -0.15) is 0 Å². The Hall–Kier alpha value is -1.94. The van der Waals surface area contributed by atoms with Gasteiger partial charge in [-0.05, 0) is 36.3 Å². The molecule has 1 fully saturated rings. The lowest BCUT2D eigenvalue weighted by atomic mass is 9.76. The maximum Gasteiger partial charge on any atom is 0.337 e. The average molecular weight is 441 g/mol. The molecule has 1 saturated heterocycles. The lowest BCUT2D eigenvalue weighted by molar-refractivity contribution is -0.290. The number of allylic oxidation sites excluding steroid dienone is 3. The molecular formula is C21H25ClO8. The molecule has 0 spiro atoms. The van der Waals surface area contributed by atoms with Crippen LogP contribution in [-0.2, 0) is 19.6 Å². The largest absolute Gasteiger partial charge is 0.465 e. The standard InChI is InChI=1S/C21H25ClO8/c1-21(12-5-3-11(4-6-12)19(27)28-2)8-7-13(9-15(21)22)29-20-18(26)17(25)16(24)14(10-23)30-20/h3-7,9,14,16-18,20,23-26H,8,10H2,1-2H3/t14?,16-,17?,18?,20+,21?/m1/s1. The van der Waals surface area contributed by atoms with E-state index >= 15 is 0 Å². The molecule has 6 atom stereocenters. The van der Waals surface area contributed by atoms with Gasteiger partial charge in [0.05, 0.1) is 19.3 Å². The Kier molecular flexibility index (Phi) is 6.86. The van der Waals surface area contributed by atoms with Gasteiger partial charge in [0.15, 0.2) is 0 Å². The van der Waals surface area contributed by atoms with Crippen LogP contribution in [0.25, 0.3) is 0 Å². The number of benzene rings is 1. The number of ether oxygens (including phenoxy) is 3. The number of hydrogen-bond acceptors (Lipinski definition) is 8. The van der Waals surface area contributed by atoms with Crippen LogP contribution in [0.1, 0.15) is 29.3 Å². The predicted octanol–water partition coefficient (Wildman–Crippen LogP) is 0.958. The molecule has 1 aromatic rings. The minimum absolute atomic E-state index is 0.327. The van der Waals surface area contributed by atoms with Crippen molar-refractivity contribution in [2.24, 2.45) is 0 Å². The van der Waals surface area contributed by atoms with Crippen LogP contribution in [0, 0.1) is 0 Å². The molecule has 30 heavy (non-hydrogen) atoms. The highest BCUT2D eigenvalue weighted by Crippen LogP contribution is 2.42. The summed E-state index contributed by atoms with van der Waals surface area (Å²) in [6.45, 7) is 1.40. The van der Waals surface area contributed by atoms with Crippen LogP contribution >= 0.6 is 11.6 Å². The molecule has 4 unspecified atom stereocenters. The summed E-state index contributed by atoms with van der Waals surface area (Å²) < 4.78 is 15.7. The van der Waals surface area contributed by atoms with Gasteiger partial charge < -0.3 is 34.6 Å². The van der Waals surface area contributed by atoms with Crippen molar-refractivity contribution in [1.29, 1.82) is 0 Å². The molecule has 0 bridgehead atoms. The van der Waals surface area contributed by atoms with Gasteiger partial charge in [-0.25, -0.2) is 4.79 Å². The number of methoxy groups -OCH3 is 1. The third-order valence-corrected chi connectivity index (χ3v) is 6.08. The molecule has 1 heterocycles. The number of carbonyl (C=O) groups is 1. The summed E-state index contributed by atoms with van der Waals surface area (Å²) in [5.41, 5.74) is 0.765. The van der Waals surface area contributed by atoms with Crippen LogP contribution in [0.3, 0.4) is 0 Å². The van der Waals surface area contributed by atoms with Crippen molar-refractivity contribution in [3.8, 4) is 0 Å². The molecule has 0 saturated carbocycles. The minimum atomic E-state index is -1.52. The van der Waals surface area contributed by atoms with Crippen LogP contribution in [0.4, 0.5) is 0 Å². The summed E-state index contributed by atoms with van der Waals surface area (Å²) in [6, 6.07) is 6.94. The summed E-state index contributed by atoms with van der Waals surface area (Å²) >= 11 is 6.56. The Bertz CT molecular complexity index is 834. The third-order valence-electron chi connectivity index (χ3n) is 5.55. The molecule has 0 amide bonds. The molecule has 1 aromatic carbocycles. The lowest BCUT2D eigenvalue weighted by Crippen LogP contribution is -2.59. The fourth-order valence-corrected chi connectivity index (χ4v) is 3.77. The van der Waals surface area contributed by atoms with E-state index in [9.17, 15) is 25.2 Å². The van der Waals surface area contributed by atoms with Crippen molar-refractivity contribution < 1.29 is 39.4 Å². The molecule has 3 rings (SSSR count). The van der Waals surface area contributed by atoms with Gasteiger partial charge in [-0.3, -0.25) is 0 Å². The average Bonchev–Trinajstić information content (AvgIpc) is 2.76. The molecule has 1 aliphatic heterocycles. The lowest BCUT2D eigenvalue weighted by Gasteiger charge is -2.40. The van der Waals surface area contributed by atoms with E-state index in [4.69, 9.17) is 25.8 Å². The van der Waals surface area contributed by atoms with E-state index < -0.39 is 48.7 Å². The Balaban J connectivity index is 1.74. The van der Waals surface area contributed by atoms with Crippen molar-refractivity contribution in [3.05, 3.63) is 58.3 Å². The summed E-state index contributed by atoms with van der Waals surface area (Å²) in [5, 5.41) is 39.6. The van der Waals surface area contributed by atoms with Gasteiger partial charge >= 0.3 is 5.97 Å². The first kappa shape index (κ1) is 22.7. The summed E-state index contributed by atoms with van der Waals surface area (Å²) in [6.07, 6.45) is -3.01. The zero-order valence-electron chi connectivity index (χ0n) is 16.6. The second-order valence-electron chi connectivity index (χ2n) is 7.52. The van der Waals surface area contributed by atoms with Gasteiger partial charge in [0.1, 0.15) is 30.2 Å². The van der Waals surface area contributed by atoms with Crippen molar-refractivity contribution in [1.82, 2.24) is 0 Å². The number of rotatable bonds is 5. The van der Waals surface area contributed by atoms with Crippen molar-refractivity contribution in [2.45, 2.75) is 49.5 Å². The van der Waals surface area contributed by atoms with E-state index in [1.807, 2.05) is 6.92 Å². The smallest absolute Gasteiger partial charge is 0.337 e. The highest BCUT2D eigenvalue weighted by molar-refractivity contribution is 6.31. The number of aliphatic hydroxyl groups excluding tert-OH is 4. The molecule has 164 valence electrons. The third kappa shape index (κ3) is 4.25. The Morgan fingerprint density at radius 2 is 1.87 bits per heavy atom. The molecule has 9 heteroatoms. The zero-order chi connectivity index (χ0) is 22.1. The van der Waals surface area contributed by atoms with Crippen molar-refractivity contribution >= 4 is 17.6 Å². The maximum absolute atomic E-state index is 11.6. The first-order valence-electron chi connectivity index (χ1n) is 9.45. The molecule has 0 aromatic heterocycles. The molecular weight excluding hydrogens is 416 g/mol. The van der Waals surface area contributed by atoms with E-state index in [0.29, 0.717) is 22.8 Å². The fraction of sp³-hybridized carbons (Fsp3) is 0.476. The minimum Gasteiger partial charge on any atom is -0.465 e. The van der Waals surface area contributed by atoms with Crippen molar-refractivity contribution in [2.75, 3.05) is 13.7 Å². The molecule has 0 radical (unpaired) electrons. The first-order valence-corrected chi connectivity index (χ1v) is 9.83. The highest BCUT2D eigenvalue weighted by Gasteiger charge is 2.45. The Labute approximate surface area is 178 Å². The summed E-state index contributed by atoms with van der Waals surface area (Å²) in [7, 11) is 1.32. The van der Waals surface area contributed by atoms with E-state index in [1.54, 1.807) is 36.4 Å². The predicted molar refractivity (Wildman–Crippen MR) is 107 cm³/mol. The highest BCUT2D eigenvalue weighted by atomic mass is 35.5. The van der Waals surface area contributed by atoms with Crippen LogP contribution < -0.4 is 0 Å². The van der Waals surface area contributed by atoms with Gasteiger partial charge in [-0.15, -0.1) is 0 Å². The van der Waals surface area contributed by atoms with Gasteiger partial charge in [-0.1, -0.05) is 30.7 Å². The number of halogens is 1. The second-order valence-corrected chi connectivity index (χ2v) is 7.93. The summed E-state index contributed by atoms with van der Waals surface area (Å²) in [5.74, 6) is -0.0971. The molecule has 1 aliphatic carbocycles. The van der Waals surface area contributed by atoms with Crippen LogP contribution in [0.2, 0.25) is 0 Å². The van der Waals surface area contributed by atoms with Crippen LogP contribution in [0.15, 0.2) is 47.2 Å². The number of aliphatic hydroxyl groups is 4. The van der Waals surface area contributed by atoms with E-state index in [1.165, 1.54) is 7.11 Å². The zero-order valence-corrected chi connectivity index (χ0v) is 17.3. The fourth-order valence-electron chi connectivity index (χ4n) is 3.47. The van der Waals surface area contributed by atoms with E-state index in [0.717, 1.165) is 5.56 Å². The molecule has 2 aliphatic rings. The first-order chi connectivity index (χ1) is 14.2. The monoisotopic (exact) mass is 440 g/mol. The number of hydrogen-bond donors (Lipinski definition) is 4. The molecule has 4 N–H and O–H groups in total. The maximum atomic E-state index is 11.6. The Morgan fingerprint density at radius 1 is 1.20 bits per heavy atom. The number of esters is 1. The van der Waals surface area contributed by atoms with Crippen LogP contribution in [0.5, 0.6) is 0 Å². The normalized spacial score (nSPS) is 34.0. The SMILES string of the molecule is COC(=O)c1ccc(C2(C)CC=C(O[C@H]3OC(CO)[C@@H](O)C(O)C3O)C=C2Cl)cc1. The Morgan fingerprint density at radius 3 is 2.43 bits per heavy atom. The number of carbonyl (C=O) groups excluding carboxylic acids is 1. The van der Waals surface area contributed by atoms with Gasteiger partial charge in [0.2, 0.25) is 6.29 Å². The van der Waals surface area contributed by atoms with Crippen molar-refractivity contribution in [3.63, 3.8) is 0 Å². The topological polar surface area (TPSA) is 126 Å².